The molecule has 0 bridgehead atoms. The standard InChI is InChI=1S/C12H22O2/c1-9(13)7-11(3,4)8-12(5,6)10(2)14/h7-8H2,1-6H3. The largest absolute Gasteiger partial charge is 0.300 e. The molecule has 0 aromatic rings. The van der Waals surface area contributed by atoms with Gasteiger partial charge < -0.3 is 4.79 Å². The van der Waals surface area contributed by atoms with Crippen molar-refractivity contribution in [3.63, 3.8) is 0 Å². The van der Waals surface area contributed by atoms with E-state index in [4.69, 9.17) is 0 Å². The van der Waals surface area contributed by atoms with Crippen LogP contribution in [0.3, 0.4) is 0 Å². The predicted molar refractivity (Wildman–Crippen MR) is 58.2 cm³/mol. The molecular formula is C12H22O2. The van der Waals surface area contributed by atoms with Crippen LogP contribution < -0.4 is 0 Å². The third-order valence-electron chi connectivity index (χ3n) is 2.60. The van der Waals surface area contributed by atoms with Crippen molar-refractivity contribution in [3.05, 3.63) is 0 Å². The van der Waals surface area contributed by atoms with Crippen molar-refractivity contribution in [2.75, 3.05) is 0 Å². The fraction of sp³-hybridized carbons (Fsp3) is 0.833. The highest BCUT2D eigenvalue weighted by Crippen LogP contribution is 2.36. The summed E-state index contributed by atoms with van der Waals surface area (Å²) in [6, 6.07) is 0. The number of rotatable bonds is 5. The van der Waals surface area contributed by atoms with Crippen LogP contribution in [0.4, 0.5) is 0 Å². The first-order valence-electron chi connectivity index (χ1n) is 5.07. The zero-order chi connectivity index (χ0) is 11.6. The van der Waals surface area contributed by atoms with Gasteiger partial charge in [0.15, 0.2) is 0 Å². The molecule has 0 aromatic heterocycles. The lowest BCUT2D eigenvalue weighted by Crippen LogP contribution is -2.30. The molecule has 0 atom stereocenters. The molecule has 0 saturated carbocycles. The molecule has 0 amide bonds. The van der Waals surface area contributed by atoms with Crippen LogP contribution in [0.1, 0.15) is 54.4 Å². The number of carbonyl (C=O) groups excluding carboxylic acids is 2. The van der Waals surface area contributed by atoms with Crippen LogP contribution in [0.5, 0.6) is 0 Å². The molecule has 0 radical (unpaired) electrons. The minimum atomic E-state index is -0.320. The molecule has 0 aliphatic heterocycles. The van der Waals surface area contributed by atoms with E-state index in [1.165, 1.54) is 0 Å². The first-order valence-corrected chi connectivity index (χ1v) is 5.07. The smallest absolute Gasteiger partial charge is 0.135 e. The number of hydrogen-bond donors (Lipinski definition) is 0. The van der Waals surface area contributed by atoms with Crippen molar-refractivity contribution in [1.29, 1.82) is 0 Å². The Morgan fingerprint density at radius 3 is 1.71 bits per heavy atom. The number of hydrogen-bond acceptors (Lipinski definition) is 2. The highest BCUT2D eigenvalue weighted by atomic mass is 16.1. The van der Waals surface area contributed by atoms with Gasteiger partial charge in [0, 0.05) is 11.8 Å². The molecule has 2 nitrogen and oxygen atoms in total. The second-order valence-electron chi connectivity index (χ2n) is 5.66. The third kappa shape index (κ3) is 4.54. The molecule has 2 heteroatoms. The van der Waals surface area contributed by atoms with Gasteiger partial charge in [0.05, 0.1) is 0 Å². The van der Waals surface area contributed by atoms with E-state index in [1.54, 1.807) is 13.8 Å². The van der Waals surface area contributed by atoms with E-state index < -0.39 is 0 Å². The van der Waals surface area contributed by atoms with Gasteiger partial charge in [0.2, 0.25) is 0 Å². The van der Waals surface area contributed by atoms with Crippen LogP contribution in [0.25, 0.3) is 0 Å². The summed E-state index contributed by atoms with van der Waals surface area (Å²) in [5.74, 6) is 0.378. The molecule has 0 saturated heterocycles. The Labute approximate surface area is 87.1 Å². The predicted octanol–water partition coefficient (Wildman–Crippen LogP) is 3.00. The van der Waals surface area contributed by atoms with E-state index in [0.717, 1.165) is 6.42 Å². The van der Waals surface area contributed by atoms with Crippen molar-refractivity contribution >= 4 is 11.6 Å². The van der Waals surface area contributed by atoms with E-state index in [-0.39, 0.29) is 22.4 Å². The van der Waals surface area contributed by atoms with Gasteiger partial charge in [-0.3, -0.25) is 4.79 Å². The summed E-state index contributed by atoms with van der Waals surface area (Å²) in [4.78, 5) is 22.4. The Balaban J connectivity index is 4.49. The average Bonchev–Trinajstić information content (AvgIpc) is 1.79. The number of ketones is 2. The van der Waals surface area contributed by atoms with Gasteiger partial charge in [-0.1, -0.05) is 27.7 Å². The van der Waals surface area contributed by atoms with Crippen LogP contribution in [-0.4, -0.2) is 11.6 Å². The van der Waals surface area contributed by atoms with Gasteiger partial charge in [-0.2, -0.15) is 0 Å². The maximum Gasteiger partial charge on any atom is 0.135 e. The molecule has 14 heavy (non-hydrogen) atoms. The van der Waals surface area contributed by atoms with Crippen molar-refractivity contribution in [1.82, 2.24) is 0 Å². The van der Waals surface area contributed by atoms with Crippen molar-refractivity contribution in [2.24, 2.45) is 10.8 Å². The van der Waals surface area contributed by atoms with Crippen LogP contribution in [0, 0.1) is 10.8 Å². The molecular weight excluding hydrogens is 176 g/mol. The zero-order valence-corrected chi connectivity index (χ0v) is 10.2. The van der Waals surface area contributed by atoms with E-state index >= 15 is 0 Å². The van der Waals surface area contributed by atoms with Gasteiger partial charge in [0.1, 0.15) is 11.6 Å². The molecule has 0 aliphatic rings. The summed E-state index contributed by atoms with van der Waals surface area (Å²) in [6.45, 7) is 11.2. The molecule has 0 aromatic carbocycles. The SMILES string of the molecule is CC(=O)CC(C)(C)CC(C)(C)C(C)=O. The number of Topliss-reactive ketones (excluding diaryl/α,β-unsaturated/α-hetero) is 2. The van der Waals surface area contributed by atoms with Crippen molar-refractivity contribution in [2.45, 2.75) is 54.4 Å². The molecule has 0 rings (SSSR count). The second kappa shape index (κ2) is 4.24. The number of carbonyl (C=O) groups is 2. The highest BCUT2D eigenvalue weighted by Gasteiger charge is 2.32. The third-order valence-corrected chi connectivity index (χ3v) is 2.60. The second-order valence-corrected chi connectivity index (χ2v) is 5.66. The highest BCUT2D eigenvalue weighted by molar-refractivity contribution is 5.81. The summed E-state index contributed by atoms with van der Waals surface area (Å²) < 4.78 is 0. The summed E-state index contributed by atoms with van der Waals surface area (Å²) in [5.41, 5.74) is -0.403. The van der Waals surface area contributed by atoms with Gasteiger partial charge >= 0.3 is 0 Å². The maximum absolute atomic E-state index is 11.3. The van der Waals surface area contributed by atoms with E-state index in [9.17, 15) is 9.59 Å². The van der Waals surface area contributed by atoms with Crippen LogP contribution in [0.15, 0.2) is 0 Å². The van der Waals surface area contributed by atoms with E-state index in [2.05, 4.69) is 0 Å². The fourth-order valence-corrected chi connectivity index (χ4v) is 2.06. The Bertz CT molecular complexity index is 237. The van der Waals surface area contributed by atoms with Crippen LogP contribution in [-0.2, 0) is 9.59 Å². The molecule has 0 heterocycles. The minimum absolute atomic E-state index is 0.0823. The summed E-state index contributed by atoms with van der Waals surface area (Å²) in [5, 5.41) is 0. The molecule has 0 aliphatic carbocycles. The Morgan fingerprint density at radius 1 is 1.00 bits per heavy atom. The first-order chi connectivity index (χ1) is 6.07. The molecule has 0 N–H and O–H groups in total. The monoisotopic (exact) mass is 198 g/mol. The maximum atomic E-state index is 11.3. The molecule has 0 fully saturated rings. The summed E-state index contributed by atoms with van der Waals surface area (Å²) in [7, 11) is 0. The van der Waals surface area contributed by atoms with E-state index in [0.29, 0.717) is 6.42 Å². The average molecular weight is 198 g/mol. The van der Waals surface area contributed by atoms with Crippen LogP contribution in [0.2, 0.25) is 0 Å². The fourth-order valence-electron chi connectivity index (χ4n) is 2.06. The lowest BCUT2D eigenvalue weighted by molar-refractivity contribution is -0.128. The lowest BCUT2D eigenvalue weighted by Gasteiger charge is -2.32. The van der Waals surface area contributed by atoms with Gasteiger partial charge in [-0.25, -0.2) is 0 Å². The van der Waals surface area contributed by atoms with Gasteiger partial charge in [-0.05, 0) is 25.7 Å². The van der Waals surface area contributed by atoms with Gasteiger partial charge in [-0.15, -0.1) is 0 Å². The Hall–Kier alpha value is -0.660. The normalized spacial score (nSPS) is 12.7. The Kier molecular flexibility index (Phi) is 4.04. The van der Waals surface area contributed by atoms with Crippen LogP contribution >= 0.6 is 0 Å². The molecule has 0 spiro atoms. The topological polar surface area (TPSA) is 34.1 Å². The summed E-state index contributed by atoms with van der Waals surface area (Å²) >= 11 is 0. The Morgan fingerprint density at radius 2 is 1.43 bits per heavy atom. The quantitative estimate of drug-likeness (QED) is 0.680. The molecule has 82 valence electrons. The van der Waals surface area contributed by atoms with Crippen molar-refractivity contribution < 1.29 is 9.59 Å². The zero-order valence-electron chi connectivity index (χ0n) is 10.2. The minimum Gasteiger partial charge on any atom is -0.300 e. The summed E-state index contributed by atoms with van der Waals surface area (Å²) in [6.07, 6.45) is 1.30. The van der Waals surface area contributed by atoms with E-state index in [1.807, 2.05) is 27.7 Å². The van der Waals surface area contributed by atoms with Crippen molar-refractivity contribution in [3.8, 4) is 0 Å². The lowest BCUT2D eigenvalue weighted by atomic mass is 9.71. The van der Waals surface area contributed by atoms with Gasteiger partial charge in [0.25, 0.3) is 0 Å². The first kappa shape index (κ1) is 13.3. The molecule has 0 unspecified atom stereocenters.